The van der Waals surface area contributed by atoms with Gasteiger partial charge in [-0.3, -0.25) is 14.4 Å². The van der Waals surface area contributed by atoms with Crippen LogP contribution in [0, 0.1) is 0 Å². The van der Waals surface area contributed by atoms with Crippen LogP contribution in [0.5, 0.6) is 0 Å². The number of hydrogen-bond donors (Lipinski definition) is 0. The van der Waals surface area contributed by atoms with Crippen LogP contribution < -0.4 is 0 Å². The van der Waals surface area contributed by atoms with Gasteiger partial charge in [-0.15, -0.1) is 0 Å². The first-order valence-electron chi connectivity index (χ1n) is 33.1. The summed E-state index contributed by atoms with van der Waals surface area (Å²) < 4.78 is 17.0. The number of rotatable bonds is 61. The quantitative estimate of drug-likeness (QED) is 0.0261. The molecule has 0 bridgehead atoms. The molecule has 0 saturated carbocycles. The average Bonchev–Trinajstić information content (AvgIpc) is 3.41. The maximum absolute atomic E-state index is 12.9. The lowest BCUT2D eigenvalue weighted by atomic mass is 10.0. The van der Waals surface area contributed by atoms with Gasteiger partial charge in [0.05, 0.1) is 0 Å². The number of carbonyl (C=O) groups is 3. The second kappa shape index (κ2) is 63.9. The van der Waals surface area contributed by atoms with Gasteiger partial charge >= 0.3 is 17.9 Å². The van der Waals surface area contributed by atoms with Crippen LogP contribution in [-0.4, -0.2) is 37.2 Å². The fourth-order valence-electron chi connectivity index (χ4n) is 9.80. The third kappa shape index (κ3) is 62.1. The summed E-state index contributed by atoms with van der Waals surface area (Å²) in [6.07, 6.45) is 79.7. The van der Waals surface area contributed by atoms with Gasteiger partial charge in [0.25, 0.3) is 0 Å². The molecule has 0 rings (SSSR count). The van der Waals surface area contributed by atoms with E-state index in [1.165, 1.54) is 244 Å². The molecule has 6 heteroatoms. The SMILES string of the molecule is CCCCCCC/C=C\C/C=C\C/C=C\CCCCCCCCCCCCC(=O)OCC(COC(=O)CCCCCCCCCCCCCCC)OC(=O)CCCCCCCCCCC/C=C\CCCCCCCC. The second-order valence-electron chi connectivity index (χ2n) is 22.4. The molecule has 0 heterocycles. The number of hydrogen-bond acceptors (Lipinski definition) is 6. The smallest absolute Gasteiger partial charge is 0.306 e. The molecule has 0 aliphatic heterocycles. The maximum Gasteiger partial charge on any atom is 0.306 e. The van der Waals surface area contributed by atoms with Gasteiger partial charge < -0.3 is 14.2 Å². The van der Waals surface area contributed by atoms with Gasteiger partial charge in [0.1, 0.15) is 13.2 Å². The van der Waals surface area contributed by atoms with E-state index in [4.69, 9.17) is 14.2 Å². The molecule has 75 heavy (non-hydrogen) atoms. The minimum atomic E-state index is -0.774. The van der Waals surface area contributed by atoms with Gasteiger partial charge in [-0.25, -0.2) is 0 Å². The highest BCUT2D eigenvalue weighted by Gasteiger charge is 2.19. The molecule has 0 aromatic rings. The molecule has 0 aromatic heterocycles. The molecular formula is C69H126O6. The van der Waals surface area contributed by atoms with E-state index in [0.717, 1.165) is 70.6 Å². The van der Waals surface area contributed by atoms with E-state index in [2.05, 4.69) is 69.4 Å². The molecule has 0 saturated heterocycles. The van der Waals surface area contributed by atoms with Gasteiger partial charge in [-0.05, 0) is 83.5 Å². The monoisotopic (exact) mass is 1050 g/mol. The summed E-state index contributed by atoms with van der Waals surface area (Å²) in [6, 6.07) is 0. The summed E-state index contributed by atoms with van der Waals surface area (Å²) in [5.74, 6) is -0.855. The van der Waals surface area contributed by atoms with Gasteiger partial charge in [0, 0.05) is 19.3 Å². The zero-order valence-electron chi connectivity index (χ0n) is 50.3. The van der Waals surface area contributed by atoms with Crippen molar-refractivity contribution in [2.45, 2.75) is 361 Å². The number of allylic oxidation sites excluding steroid dienone is 8. The molecular weight excluding hydrogens is 925 g/mol. The van der Waals surface area contributed by atoms with E-state index in [9.17, 15) is 14.4 Å². The van der Waals surface area contributed by atoms with E-state index in [1.54, 1.807) is 0 Å². The van der Waals surface area contributed by atoms with Crippen molar-refractivity contribution in [3.8, 4) is 0 Å². The third-order valence-corrected chi connectivity index (χ3v) is 14.8. The Labute approximate surface area is 467 Å². The van der Waals surface area contributed by atoms with E-state index in [-0.39, 0.29) is 31.1 Å². The lowest BCUT2D eigenvalue weighted by Gasteiger charge is -2.18. The van der Waals surface area contributed by atoms with E-state index in [0.29, 0.717) is 19.3 Å². The molecule has 0 radical (unpaired) electrons. The van der Waals surface area contributed by atoms with E-state index in [1.807, 2.05) is 0 Å². The Kier molecular flexibility index (Phi) is 61.7. The zero-order valence-corrected chi connectivity index (χ0v) is 50.3. The molecule has 1 unspecified atom stereocenters. The first-order chi connectivity index (χ1) is 37.0. The van der Waals surface area contributed by atoms with Crippen LogP contribution in [0.15, 0.2) is 48.6 Å². The number of esters is 3. The first kappa shape index (κ1) is 72.4. The Morgan fingerprint density at radius 1 is 0.267 bits per heavy atom. The Morgan fingerprint density at radius 3 is 0.760 bits per heavy atom. The van der Waals surface area contributed by atoms with Gasteiger partial charge in [-0.2, -0.15) is 0 Å². The van der Waals surface area contributed by atoms with Crippen LogP contribution in [0.3, 0.4) is 0 Å². The van der Waals surface area contributed by atoms with Gasteiger partial charge in [-0.1, -0.05) is 301 Å². The largest absolute Gasteiger partial charge is 0.462 e. The molecule has 0 N–H and O–H groups in total. The van der Waals surface area contributed by atoms with Crippen LogP contribution in [0.1, 0.15) is 355 Å². The summed E-state index contributed by atoms with van der Waals surface area (Å²) in [4.78, 5) is 38.3. The van der Waals surface area contributed by atoms with Gasteiger partial charge in [0.15, 0.2) is 6.10 Å². The molecule has 438 valence electrons. The topological polar surface area (TPSA) is 78.9 Å². The van der Waals surface area contributed by atoms with Crippen LogP contribution >= 0.6 is 0 Å². The molecule has 6 nitrogen and oxygen atoms in total. The fraction of sp³-hybridized carbons (Fsp3) is 0.841. The van der Waals surface area contributed by atoms with Crippen molar-refractivity contribution in [2.24, 2.45) is 0 Å². The standard InChI is InChI=1S/C69H126O6/c1-4-7-10-13-16-19-22-25-27-29-31-32-33-34-35-36-38-39-41-44-47-50-53-56-59-62-68(71)74-65-66(64-73-67(70)61-58-55-52-49-46-43-24-21-18-15-12-9-6-3)75-69(72)63-60-57-54-51-48-45-42-40-37-30-28-26-23-20-17-14-11-8-5-2/h22,25-26,28-29,31,33-34,66H,4-21,23-24,27,30,32,35-65H2,1-3H3/b25-22-,28-26-,31-29-,34-33-. The highest BCUT2D eigenvalue weighted by Crippen LogP contribution is 2.17. The molecule has 0 aliphatic carbocycles. The predicted octanol–water partition coefficient (Wildman–Crippen LogP) is 22.6. The van der Waals surface area contributed by atoms with Crippen LogP contribution in [-0.2, 0) is 28.6 Å². The van der Waals surface area contributed by atoms with Gasteiger partial charge in [0.2, 0.25) is 0 Å². The Hall–Kier alpha value is -2.63. The molecule has 1 atom stereocenters. The van der Waals surface area contributed by atoms with Crippen molar-refractivity contribution in [3.05, 3.63) is 48.6 Å². The third-order valence-electron chi connectivity index (χ3n) is 14.8. The average molecular weight is 1050 g/mol. The second-order valence-corrected chi connectivity index (χ2v) is 22.4. The lowest BCUT2D eigenvalue weighted by molar-refractivity contribution is -0.167. The van der Waals surface area contributed by atoms with Crippen LogP contribution in [0.2, 0.25) is 0 Å². The summed E-state index contributed by atoms with van der Waals surface area (Å²) in [7, 11) is 0. The summed E-state index contributed by atoms with van der Waals surface area (Å²) in [5, 5.41) is 0. The predicted molar refractivity (Wildman–Crippen MR) is 325 cm³/mol. The number of carbonyl (C=O) groups excluding carboxylic acids is 3. The highest BCUT2D eigenvalue weighted by molar-refractivity contribution is 5.71. The normalized spacial score (nSPS) is 12.3. The van der Waals surface area contributed by atoms with Crippen molar-refractivity contribution < 1.29 is 28.6 Å². The summed E-state index contributed by atoms with van der Waals surface area (Å²) in [5.41, 5.74) is 0. The van der Waals surface area contributed by atoms with Crippen molar-refractivity contribution in [1.29, 1.82) is 0 Å². The van der Waals surface area contributed by atoms with E-state index >= 15 is 0 Å². The molecule has 0 aliphatic rings. The Balaban J connectivity index is 4.28. The molecule has 0 spiro atoms. The van der Waals surface area contributed by atoms with Crippen molar-refractivity contribution >= 4 is 17.9 Å². The summed E-state index contributed by atoms with van der Waals surface area (Å²) >= 11 is 0. The maximum atomic E-state index is 12.9. The van der Waals surface area contributed by atoms with Crippen molar-refractivity contribution in [1.82, 2.24) is 0 Å². The minimum Gasteiger partial charge on any atom is -0.462 e. The Morgan fingerprint density at radius 2 is 0.480 bits per heavy atom. The van der Waals surface area contributed by atoms with Crippen LogP contribution in [0.4, 0.5) is 0 Å². The van der Waals surface area contributed by atoms with Crippen LogP contribution in [0.25, 0.3) is 0 Å². The number of ether oxygens (including phenoxy) is 3. The number of unbranched alkanes of at least 4 members (excludes halogenated alkanes) is 42. The fourth-order valence-corrected chi connectivity index (χ4v) is 9.80. The Bertz CT molecular complexity index is 1300. The molecule has 0 amide bonds. The van der Waals surface area contributed by atoms with Crippen molar-refractivity contribution in [3.63, 3.8) is 0 Å². The molecule has 0 fully saturated rings. The first-order valence-corrected chi connectivity index (χ1v) is 33.1. The zero-order chi connectivity index (χ0) is 54.3. The highest BCUT2D eigenvalue weighted by atomic mass is 16.6. The lowest BCUT2D eigenvalue weighted by Crippen LogP contribution is -2.30. The summed E-state index contributed by atoms with van der Waals surface area (Å²) in [6.45, 7) is 6.67. The minimum absolute atomic E-state index is 0.0710. The van der Waals surface area contributed by atoms with Crippen molar-refractivity contribution in [2.75, 3.05) is 13.2 Å². The van der Waals surface area contributed by atoms with E-state index < -0.39 is 6.10 Å². The molecule has 0 aromatic carbocycles.